The fourth-order valence-electron chi connectivity index (χ4n) is 1.35. The highest BCUT2D eigenvalue weighted by atomic mass is 19.4. The van der Waals surface area contributed by atoms with E-state index in [0.29, 0.717) is 6.07 Å². The van der Waals surface area contributed by atoms with Crippen LogP contribution in [-0.2, 0) is 5.79 Å². The fourth-order valence-corrected chi connectivity index (χ4v) is 1.35. The first-order chi connectivity index (χ1) is 8.34. The predicted octanol–water partition coefficient (Wildman–Crippen LogP) is 1.71. The minimum Gasteiger partial charge on any atom is -0.397 e. The number of nitrogens with two attached hydrogens (primary N) is 4. The molecule has 0 heterocycles. The topological polar surface area (TPSA) is 104 Å². The molecule has 19 heavy (non-hydrogen) atoms. The second-order valence-electron chi connectivity index (χ2n) is 3.81. The van der Waals surface area contributed by atoms with E-state index in [1.807, 2.05) is 0 Å². The summed E-state index contributed by atoms with van der Waals surface area (Å²) >= 11 is 0. The van der Waals surface area contributed by atoms with Crippen molar-refractivity contribution < 1.29 is 26.3 Å². The van der Waals surface area contributed by atoms with Crippen LogP contribution in [0.1, 0.15) is 5.56 Å². The van der Waals surface area contributed by atoms with Gasteiger partial charge in [-0.3, -0.25) is 5.73 Å². The number of hydrogen-bond donors (Lipinski definition) is 4. The Morgan fingerprint density at radius 1 is 0.789 bits per heavy atom. The second kappa shape index (κ2) is 4.08. The normalized spacial score (nSPS) is 16.2. The van der Waals surface area contributed by atoms with Crippen molar-refractivity contribution in [3.05, 3.63) is 17.7 Å². The Hall–Kier alpha value is -1.84. The van der Waals surface area contributed by atoms with E-state index in [9.17, 15) is 26.3 Å². The molecule has 0 aliphatic heterocycles. The molecule has 0 aromatic heterocycles. The number of rotatable bonds is 2. The van der Waals surface area contributed by atoms with Gasteiger partial charge in [0.1, 0.15) is 0 Å². The van der Waals surface area contributed by atoms with Gasteiger partial charge in [-0.25, -0.2) is 4.39 Å². The van der Waals surface area contributed by atoms with Crippen molar-refractivity contribution in [2.24, 2.45) is 5.73 Å². The van der Waals surface area contributed by atoms with Crippen molar-refractivity contribution in [3.8, 4) is 0 Å². The van der Waals surface area contributed by atoms with Crippen LogP contribution in [0.15, 0.2) is 12.1 Å². The Morgan fingerprint density at radius 2 is 1.26 bits per heavy atom. The van der Waals surface area contributed by atoms with E-state index >= 15 is 0 Å². The highest BCUT2D eigenvalue weighted by molar-refractivity contribution is 5.80. The van der Waals surface area contributed by atoms with Crippen molar-refractivity contribution in [2.45, 2.75) is 17.9 Å². The Morgan fingerprint density at radius 3 is 1.68 bits per heavy atom. The number of benzene rings is 1. The van der Waals surface area contributed by atoms with Gasteiger partial charge in [0, 0.05) is 5.56 Å². The van der Waals surface area contributed by atoms with Crippen LogP contribution in [0.4, 0.5) is 43.4 Å². The number of alkyl halides is 6. The van der Waals surface area contributed by atoms with Crippen LogP contribution in [0.3, 0.4) is 0 Å². The molecular weight excluding hydrogens is 278 g/mol. The lowest BCUT2D eigenvalue weighted by Crippen LogP contribution is -2.57. The number of halogens is 6. The van der Waals surface area contributed by atoms with E-state index < -0.39 is 34.8 Å². The Bertz CT molecular complexity index is 496. The van der Waals surface area contributed by atoms with Crippen LogP contribution < -0.4 is 22.9 Å². The van der Waals surface area contributed by atoms with Gasteiger partial charge in [-0.15, -0.1) is 0 Å². The molecule has 0 saturated heterocycles. The number of nitrogen functional groups attached to an aromatic ring is 3. The van der Waals surface area contributed by atoms with Crippen molar-refractivity contribution in [1.82, 2.24) is 0 Å². The van der Waals surface area contributed by atoms with Gasteiger partial charge in [-0.1, -0.05) is 0 Å². The third-order valence-corrected chi connectivity index (χ3v) is 2.53. The van der Waals surface area contributed by atoms with Crippen LogP contribution in [0.5, 0.6) is 0 Å². The first-order valence-electron chi connectivity index (χ1n) is 4.70. The molecule has 0 radical (unpaired) electrons. The summed E-state index contributed by atoms with van der Waals surface area (Å²) in [5.74, 6) is -10.4. The third kappa shape index (κ3) is 2.11. The molecule has 0 spiro atoms. The zero-order valence-electron chi connectivity index (χ0n) is 9.23. The van der Waals surface area contributed by atoms with Gasteiger partial charge in [0.15, 0.2) is 0 Å². The lowest BCUT2D eigenvalue weighted by Gasteiger charge is -2.32. The van der Waals surface area contributed by atoms with Crippen molar-refractivity contribution in [1.29, 1.82) is 0 Å². The molecule has 8 N–H and O–H groups in total. The number of anilines is 3. The van der Waals surface area contributed by atoms with E-state index in [1.54, 1.807) is 0 Å². The Balaban J connectivity index is 3.48. The molecule has 1 rings (SSSR count). The summed E-state index contributed by atoms with van der Waals surface area (Å²) in [4.78, 5) is 0. The summed E-state index contributed by atoms with van der Waals surface area (Å²) in [5, 5.41) is 0. The maximum atomic E-state index is 13.8. The molecule has 0 amide bonds. The van der Waals surface area contributed by atoms with Crippen LogP contribution in [0.2, 0.25) is 0 Å². The van der Waals surface area contributed by atoms with Crippen LogP contribution in [-0.4, -0.2) is 12.1 Å². The van der Waals surface area contributed by atoms with Gasteiger partial charge in [-0.05, 0) is 12.1 Å². The lowest BCUT2D eigenvalue weighted by atomic mass is 9.95. The van der Waals surface area contributed by atoms with Crippen molar-refractivity contribution in [3.63, 3.8) is 0 Å². The van der Waals surface area contributed by atoms with Gasteiger partial charge in [0.2, 0.25) is 0 Å². The standard InChI is InChI=1S/C9H10F6N4/c10-7(19,8(11,12)9(13,14)15)3-1-2-4(16)6(18)5(3)17/h1-2H,16-19H2. The molecule has 10 heteroatoms. The van der Waals surface area contributed by atoms with E-state index in [4.69, 9.17) is 17.2 Å². The molecule has 1 aromatic rings. The van der Waals surface area contributed by atoms with Gasteiger partial charge in [0.05, 0.1) is 17.1 Å². The third-order valence-electron chi connectivity index (χ3n) is 2.53. The molecule has 108 valence electrons. The summed E-state index contributed by atoms with van der Waals surface area (Å²) in [6, 6.07) is 1.36. The quantitative estimate of drug-likeness (QED) is 0.378. The first kappa shape index (κ1) is 15.2. The Kier molecular flexibility index (Phi) is 3.27. The summed E-state index contributed by atoms with van der Waals surface area (Å²) < 4.78 is 76.4. The van der Waals surface area contributed by atoms with E-state index in [2.05, 4.69) is 5.73 Å². The summed E-state index contributed by atoms with van der Waals surface area (Å²) in [5.41, 5.74) is 17.3. The molecule has 0 bridgehead atoms. The van der Waals surface area contributed by atoms with Gasteiger partial charge in [-0.2, -0.15) is 22.0 Å². The molecule has 0 saturated carbocycles. The lowest BCUT2D eigenvalue weighted by molar-refractivity contribution is -0.330. The summed E-state index contributed by atoms with van der Waals surface area (Å²) in [7, 11) is 0. The Labute approximate surface area is 103 Å². The van der Waals surface area contributed by atoms with Gasteiger partial charge in [0.25, 0.3) is 5.79 Å². The summed E-state index contributed by atoms with van der Waals surface area (Å²) in [6.45, 7) is 0. The smallest absolute Gasteiger partial charge is 0.397 e. The van der Waals surface area contributed by atoms with Crippen molar-refractivity contribution in [2.75, 3.05) is 17.2 Å². The SMILES string of the molecule is Nc1ccc(C(N)(F)C(F)(F)C(F)(F)F)c(N)c1N. The first-order valence-corrected chi connectivity index (χ1v) is 4.70. The molecule has 0 aliphatic carbocycles. The highest BCUT2D eigenvalue weighted by Crippen LogP contribution is 2.50. The zero-order chi connectivity index (χ0) is 15.2. The van der Waals surface area contributed by atoms with Crippen LogP contribution in [0, 0.1) is 0 Å². The summed E-state index contributed by atoms with van der Waals surface area (Å²) in [6.07, 6.45) is -6.20. The monoisotopic (exact) mass is 288 g/mol. The molecule has 0 fully saturated rings. The molecule has 1 atom stereocenters. The van der Waals surface area contributed by atoms with Crippen LogP contribution in [0.25, 0.3) is 0 Å². The average Bonchev–Trinajstić information content (AvgIpc) is 2.23. The fraction of sp³-hybridized carbons (Fsp3) is 0.333. The highest BCUT2D eigenvalue weighted by Gasteiger charge is 2.71. The maximum Gasteiger partial charge on any atom is 0.458 e. The molecule has 1 aromatic carbocycles. The van der Waals surface area contributed by atoms with Crippen LogP contribution >= 0.6 is 0 Å². The van der Waals surface area contributed by atoms with Gasteiger partial charge < -0.3 is 17.2 Å². The zero-order valence-corrected chi connectivity index (χ0v) is 9.23. The van der Waals surface area contributed by atoms with E-state index in [0.717, 1.165) is 6.07 Å². The van der Waals surface area contributed by atoms with E-state index in [1.165, 1.54) is 0 Å². The predicted molar refractivity (Wildman–Crippen MR) is 57.7 cm³/mol. The second-order valence-corrected chi connectivity index (χ2v) is 3.81. The van der Waals surface area contributed by atoms with Crippen molar-refractivity contribution >= 4 is 17.1 Å². The average molecular weight is 288 g/mol. The molecular formula is C9H10F6N4. The minimum atomic E-state index is -6.20. The van der Waals surface area contributed by atoms with E-state index in [-0.39, 0.29) is 5.69 Å². The molecule has 4 nitrogen and oxygen atoms in total. The number of hydrogen-bond acceptors (Lipinski definition) is 4. The van der Waals surface area contributed by atoms with Gasteiger partial charge >= 0.3 is 12.1 Å². The maximum absolute atomic E-state index is 13.8. The minimum absolute atomic E-state index is 0.202. The largest absolute Gasteiger partial charge is 0.458 e. The molecule has 1 unspecified atom stereocenters. The molecule has 0 aliphatic rings.